The number of amides is 2. The number of rotatable bonds is 8. The van der Waals surface area contributed by atoms with Gasteiger partial charge in [0.1, 0.15) is 23.6 Å². The highest BCUT2D eigenvalue weighted by molar-refractivity contribution is 7.05. The average Bonchev–Trinajstić information content (AvgIpc) is 4.15. The molecule has 6 N–H and O–H groups in total. The predicted molar refractivity (Wildman–Crippen MR) is 276 cm³/mol. The second-order valence-electron chi connectivity index (χ2n) is 17.6. The summed E-state index contributed by atoms with van der Waals surface area (Å²) in [5.41, 5.74) is 5.51. The molecule has 2 amide bonds. The summed E-state index contributed by atoms with van der Waals surface area (Å²) in [6.07, 6.45) is 2.40. The molecule has 0 aromatic carbocycles. The minimum atomic E-state index is -0.341. The van der Waals surface area contributed by atoms with E-state index >= 15 is 0 Å². The SMILES string of the molecule is C=C1N=C(C(C)C)NO1.CC(C)c1cocc(O)c1=O.CC(C)c1nn[nH]n1.CC(C)c1ns[nH]c1=O.CNC(=O)C(C)C.CNC(=O)C(C)C.Cc1cc(C(C)C)on1.Cc1cc(C(C)C)sn1. The molecule has 0 spiro atoms. The molecule has 6 heterocycles. The molecule has 388 valence electrons. The van der Waals surface area contributed by atoms with Gasteiger partial charge < -0.3 is 29.5 Å². The first kappa shape index (κ1) is 65.1. The highest BCUT2D eigenvalue weighted by Gasteiger charge is 2.12. The highest BCUT2D eigenvalue weighted by atomic mass is 32.1. The fourth-order valence-electron chi connectivity index (χ4n) is 4.24. The highest BCUT2D eigenvalue weighted by Crippen LogP contribution is 2.19. The van der Waals surface area contributed by atoms with Crippen molar-refractivity contribution in [2.75, 3.05) is 14.1 Å². The fraction of sp³-hybridized carbons (Fsp3) is 0.596. The maximum absolute atomic E-state index is 11.1. The van der Waals surface area contributed by atoms with Gasteiger partial charge in [0, 0.05) is 77.8 Å². The largest absolute Gasteiger partial charge is 0.502 e. The summed E-state index contributed by atoms with van der Waals surface area (Å²) in [5.74, 6) is 5.28. The summed E-state index contributed by atoms with van der Waals surface area (Å²) in [6, 6.07) is 4.11. The molecule has 1 aliphatic rings. The van der Waals surface area contributed by atoms with E-state index in [9.17, 15) is 19.2 Å². The van der Waals surface area contributed by atoms with Crippen LogP contribution in [0.4, 0.5) is 0 Å². The molecule has 0 fully saturated rings. The van der Waals surface area contributed by atoms with Gasteiger partial charge in [0.25, 0.3) is 5.56 Å². The summed E-state index contributed by atoms with van der Waals surface area (Å²) >= 11 is 2.71. The van der Waals surface area contributed by atoms with Gasteiger partial charge in [-0.05, 0) is 49.9 Å². The van der Waals surface area contributed by atoms with Gasteiger partial charge in [-0.3, -0.25) is 23.6 Å². The Kier molecular flexibility index (Phi) is 33.1. The van der Waals surface area contributed by atoms with Crippen molar-refractivity contribution in [3.8, 4) is 5.75 Å². The van der Waals surface area contributed by atoms with Crippen LogP contribution in [0.5, 0.6) is 5.75 Å². The molecule has 5 aromatic heterocycles. The third-order valence-electron chi connectivity index (χ3n) is 8.47. The van der Waals surface area contributed by atoms with E-state index in [0.717, 1.165) is 46.8 Å². The van der Waals surface area contributed by atoms with Gasteiger partial charge in [0.2, 0.25) is 23.1 Å². The van der Waals surface area contributed by atoms with E-state index in [4.69, 9.17) is 18.9 Å². The zero-order chi connectivity index (χ0) is 53.6. The van der Waals surface area contributed by atoms with Crippen LogP contribution in [0, 0.1) is 31.6 Å². The summed E-state index contributed by atoms with van der Waals surface area (Å²) < 4.78 is 20.3. The number of hydrogen-bond donors (Lipinski definition) is 6. The molecule has 0 saturated carbocycles. The first-order valence-corrected chi connectivity index (χ1v) is 24.2. The van der Waals surface area contributed by atoms with Gasteiger partial charge in [-0.2, -0.15) is 19.0 Å². The molecule has 0 unspecified atom stereocenters. The van der Waals surface area contributed by atoms with E-state index in [1.807, 2.05) is 103 Å². The number of H-pyrrole nitrogens is 2. The number of nitrogens with zero attached hydrogens (tertiary/aromatic N) is 7. The number of aromatic hydroxyl groups is 1. The number of hydrogen-bond acceptors (Lipinski definition) is 18. The normalized spacial score (nSPS) is 11.1. The number of carbonyl (C=O) groups excluding carboxylic acids is 2. The quantitative estimate of drug-likeness (QED) is 0.0845. The average molecular weight is 1010 g/mol. The Labute approximate surface area is 416 Å². The molecule has 0 aliphatic carbocycles. The summed E-state index contributed by atoms with van der Waals surface area (Å²) in [4.78, 5) is 52.8. The van der Waals surface area contributed by atoms with Crippen LogP contribution in [0.15, 0.2) is 60.6 Å². The van der Waals surface area contributed by atoms with Gasteiger partial charge in [-0.15, -0.1) is 10.2 Å². The van der Waals surface area contributed by atoms with E-state index < -0.39 is 0 Å². The van der Waals surface area contributed by atoms with Crippen molar-refractivity contribution in [3.05, 3.63) is 96.8 Å². The first-order chi connectivity index (χ1) is 32.1. The van der Waals surface area contributed by atoms with Crippen LogP contribution in [0.1, 0.15) is 179 Å². The number of nitrogens with one attached hydrogen (secondary N) is 5. The second-order valence-corrected chi connectivity index (χ2v) is 19.0. The molecule has 6 rings (SSSR count). The molecule has 5 aromatic rings. The lowest BCUT2D eigenvalue weighted by atomic mass is 10.1. The van der Waals surface area contributed by atoms with Crippen LogP contribution in [-0.4, -0.2) is 75.8 Å². The van der Waals surface area contributed by atoms with Crippen LogP contribution in [0.25, 0.3) is 0 Å². The number of hydroxylamine groups is 1. The number of tetrazole rings is 1. The minimum Gasteiger partial charge on any atom is -0.502 e. The van der Waals surface area contributed by atoms with Crippen molar-refractivity contribution in [2.45, 2.75) is 154 Å². The Morgan fingerprint density at radius 3 is 1.54 bits per heavy atom. The van der Waals surface area contributed by atoms with Crippen LogP contribution in [0.2, 0.25) is 0 Å². The maximum Gasteiger partial charge on any atom is 0.281 e. The lowest BCUT2D eigenvalue weighted by Gasteiger charge is -2.01. The molecule has 22 heteroatoms. The molecule has 0 bridgehead atoms. The van der Waals surface area contributed by atoms with Gasteiger partial charge in [-0.1, -0.05) is 121 Å². The number of aliphatic imine (C=N–C) groups is 1. The number of aromatic amines is 2. The van der Waals surface area contributed by atoms with Gasteiger partial charge in [-0.25, -0.2) is 5.48 Å². The molecular formula is C47H80N12O8S2. The van der Waals surface area contributed by atoms with Crippen molar-refractivity contribution in [1.29, 1.82) is 0 Å². The number of aromatic nitrogens is 8. The van der Waals surface area contributed by atoms with Gasteiger partial charge >= 0.3 is 0 Å². The Bertz CT molecular complexity index is 2240. The Morgan fingerprint density at radius 1 is 0.739 bits per heavy atom. The zero-order valence-corrected chi connectivity index (χ0v) is 46.0. The van der Waals surface area contributed by atoms with E-state index in [0.29, 0.717) is 40.8 Å². The Balaban J connectivity index is 0. The van der Waals surface area contributed by atoms with Crippen molar-refractivity contribution >= 4 is 40.9 Å². The summed E-state index contributed by atoms with van der Waals surface area (Å²) in [7, 11) is 3.28. The molecule has 1 aliphatic heterocycles. The van der Waals surface area contributed by atoms with Crippen LogP contribution in [-0.2, 0) is 14.4 Å². The topological polar surface area (TPSA) is 281 Å². The van der Waals surface area contributed by atoms with E-state index in [2.05, 4.69) is 100 Å². The number of amidine groups is 1. The third-order valence-corrected chi connectivity index (χ3v) is 10.2. The van der Waals surface area contributed by atoms with Crippen molar-refractivity contribution in [1.82, 2.24) is 55.0 Å². The molecule has 0 atom stereocenters. The third kappa shape index (κ3) is 28.8. The molecule has 20 nitrogen and oxygen atoms in total. The first-order valence-electron chi connectivity index (χ1n) is 22.7. The predicted octanol–water partition coefficient (Wildman–Crippen LogP) is 9.25. The van der Waals surface area contributed by atoms with Crippen molar-refractivity contribution in [2.24, 2.45) is 22.7 Å². The smallest absolute Gasteiger partial charge is 0.281 e. The molecular weight excluding hydrogens is 925 g/mol. The van der Waals surface area contributed by atoms with Crippen molar-refractivity contribution in [3.63, 3.8) is 0 Å². The fourth-order valence-corrected chi connectivity index (χ4v) is 5.60. The molecule has 0 radical (unpaired) electrons. The van der Waals surface area contributed by atoms with Crippen LogP contribution >= 0.6 is 23.3 Å². The minimum absolute atomic E-state index is 0.0463. The number of carbonyl (C=O) groups is 2. The molecule has 69 heavy (non-hydrogen) atoms. The van der Waals surface area contributed by atoms with E-state index in [-0.39, 0.29) is 52.2 Å². The molecule has 0 saturated heterocycles. The lowest BCUT2D eigenvalue weighted by molar-refractivity contribution is -0.124. The van der Waals surface area contributed by atoms with E-state index in [1.165, 1.54) is 11.1 Å². The summed E-state index contributed by atoms with van der Waals surface area (Å²) in [5, 5.41) is 31.1. The van der Waals surface area contributed by atoms with Gasteiger partial charge in [0.05, 0.1) is 17.7 Å². The van der Waals surface area contributed by atoms with E-state index in [1.54, 1.807) is 25.6 Å². The lowest BCUT2D eigenvalue weighted by Crippen LogP contribution is -2.22. The van der Waals surface area contributed by atoms with Crippen molar-refractivity contribution < 1.29 is 28.5 Å². The van der Waals surface area contributed by atoms with Crippen LogP contribution in [0.3, 0.4) is 0 Å². The van der Waals surface area contributed by atoms with Gasteiger partial charge in [0.15, 0.2) is 11.6 Å². The number of aryl methyl sites for hydroxylation is 2. The zero-order valence-electron chi connectivity index (χ0n) is 44.4. The monoisotopic (exact) mass is 1000 g/mol. The summed E-state index contributed by atoms with van der Waals surface area (Å²) in [6.45, 7) is 39.2. The Morgan fingerprint density at radius 2 is 1.32 bits per heavy atom. The Hall–Kier alpha value is -6.03. The second kappa shape index (κ2) is 35.1. The van der Waals surface area contributed by atoms with Crippen LogP contribution < -0.4 is 27.1 Å². The maximum atomic E-state index is 11.1. The standard InChI is InChI=1S/C8H10O3.C7H11NO.C7H11NS.C6H10N2O.C5H8N2OS.2C5H11NO.C4H8N4/c1-5(2)6-3-11-4-7(9)8(6)10;2*1-5(2)7-4-6(3)8-9-7;1-4(2)6-7-5(3)9-8-6;1-3(2)4-5(8)7-9-6-4;2*1-4(2)5(7)6-3;1-3(2)4-5-7-8-6-4/h3-5,9H,1-2H3;2*4-5H,1-3H3;4H,3H2,1-2H3,(H,7,8);3H,1-2H3,(H,7,8);2*4H,1-3H3,(H,6,7);3H,1-2H3,(H,5,6,7,8).